The van der Waals surface area contributed by atoms with Gasteiger partial charge in [-0.1, -0.05) is 48.5 Å². The number of ether oxygens (including phenoxy) is 3. The highest BCUT2D eigenvalue weighted by Gasteiger charge is 2.47. The van der Waals surface area contributed by atoms with Crippen LogP contribution in [0.25, 0.3) is 0 Å². The Balaban J connectivity index is 2.13. The summed E-state index contributed by atoms with van der Waals surface area (Å²) in [5.41, 5.74) is 1.46. The summed E-state index contributed by atoms with van der Waals surface area (Å²) in [5, 5.41) is 0. The highest BCUT2D eigenvalue weighted by molar-refractivity contribution is 5.42. The van der Waals surface area contributed by atoms with Crippen LogP contribution in [-0.2, 0) is 15.1 Å². The summed E-state index contributed by atoms with van der Waals surface area (Å²) in [5.74, 6) is 0.864. The fourth-order valence-electron chi connectivity index (χ4n) is 2.90. The van der Waals surface area contributed by atoms with E-state index in [4.69, 9.17) is 14.2 Å². The summed E-state index contributed by atoms with van der Waals surface area (Å²) in [4.78, 5) is 0. The minimum absolute atomic E-state index is 0.195. The van der Waals surface area contributed by atoms with Gasteiger partial charge in [-0.2, -0.15) is 0 Å². The molecule has 0 aromatic heterocycles. The number of para-hydroxylation sites is 1. The van der Waals surface area contributed by atoms with Gasteiger partial charge in [-0.15, -0.1) is 0 Å². The van der Waals surface area contributed by atoms with Crippen molar-refractivity contribution in [1.82, 2.24) is 0 Å². The molecule has 104 valence electrons. The van der Waals surface area contributed by atoms with E-state index in [9.17, 15) is 0 Å². The van der Waals surface area contributed by atoms with E-state index in [0.717, 1.165) is 16.9 Å². The molecule has 2 aromatic carbocycles. The molecule has 2 aromatic rings. The van der Waals surface area contributed by atoms with Crippen LogP contribution in [0.5, 0.6) is 5.75 Å². The Bertz CT molecular complexity index is 582. The average Bonchev–Trinajstić information content (AvgIpc) is 2.54. The molecule has 3 rings (SSSR count). The molecular weight excluding hydrogens is 252 g/mol. The van der Waals surface area contributed by atoms with Crippen molar-refractivity contribution in [2.45, 2.75) is 11.7 Å². The maximum absolute atomic E-state index is 5.91. The van der Waals surface area contributed by atoms with Crippen LogP contribution in [-0.4, -0.2) is 20.8 Å². The Labute approximate surface area is 119 Å². The minimum atomic E-state index is -0.621. The second kappa shape index (κ2) is 5.27. The lowest BCUT2D eigenvalue weighted by atomic mass is 9.82. The van der Waals surface area contributed by atoms with Crippen LogP contribution in [0.3, 0.4) is 0 Å². The molecule has 20 heavy (non-hydrogen) atoms. The summed E-state index contributed by atoms with van der Waals surface area (Å²) in [6.07, 6.45) is -0.195. The largest absolute Gasteiger partial charge is 0.490 e. The van der Waals surface area contributed by atoms with Crippen LogP contribution in [0, 0.1) is 0 Å². The van der Waals surface area contributed by atoms with Crippen molar-refractivity contribution < 1.29 is 14.2 Å². The standard InChI is InChI=1S/C17H18O3/c1-18-16-14-10-6-7-11-15(14)20-12-17(16,19-2)13-8-4-3-5-9-13/h3-11,16H,12H2,1-2H3. The predicted octanol–water partition coefficient (Wildman–Crippen LogP) is 3.31. The van der Waals surface area contributed by atoms with Gasteiger partial charge in [0, 0.05) is 19.8 Å². The van der Waals surface area contributed by atoms with Gasteiger partial charge >= 0.3 is 0 Å². The van der Waals surface area contributed by atoms with Crippen molar-refractivity contribution >= 4 is 0 Å². The SMILES string of the molecule is COC1c2ccccc2OCC1(OC)c1ccccc1. The molecule has 2 unspecified atom stereocenters. The van der Waals surface area contributed by atoms with Gasteiger partial charge in [0.25, 0.3) is 0 Å². The summed E-state index contributed by atoms with van der Waals surface area (Å²) >= 11 is 0. The van der Waals surface area contributed by atoms with Crippen molar-refractivity contribution in [1.29, 1.82) is 0 Å². The van der Waals surface area contributed by atoms with Crippen LogP contribution in [0.2, 0.25) is 0 Å². The summed E-state index contributed by atoms with van der Waals surface area (Å²) in [6.45, 7) is 0.434. The first-order chi connectivity index (χ1) is 9.81. The third kappa shape index (κ3) is 1.90. The lowest BCUT2D eigenvalue weighted by molar-refractivity contribution is -0.157. The average molecular weight is 270 g/mol. The highest BCUT2D eigenvalue weighted by atomic mass is 16.6. The maximum atomic E-state index is 5.91. The quantitative estimate of drug-likeness (QED) is 0.856. The summed E-state index contributed by atoms with van der Waals surface area (Å²) in [7, 11) is 3.42. The van der Waals surface area contributed by atoms with Crippen LogP contribution in [0.15, 0.2) is 54.6 Å². The molecule has 0 spiro atoms. The molecule has 0 saturated carbocycles. The molecule has 0 saturated heterocycles. The third-order valence-corrected chi connectivity index (χ3v) is 3.93. The molecule has 0 aliphatic carbocycles. The van der Waals surface area contributed by atoms with E-state index in [0.29, 0.717) is 6.61 Å². The van der Waals surface area contributed by atoms with Crippen LogP contribution in [0.1, 0.15) is 17.2 Å². The molecule has 1 heterocycles. The molecule has 0 N–H and O–H groups in total. The van der Waals surface area contributed by atoms with Gasteiger partial charge in [-0.3, -0.25) is 0 Å². The topological polar surface area (TPSA) is 27.7 Å². The Morgan fingerprint density at radius 1 is 1.00 bits per heavy atom. The number of benzene rings is 2. The Hall–Kier alpha value is -1.84. The zero-order valence-electron chi connectivity index (χ0n) is 11.7. The van der Waals surface area contributed by atoms with E-state index >= 15 is 0 Å². The van der Waals surface area contributed by atoms with Gasteiger partial charge in [0.15, 0.2) is 5.60 Å². The first kappa shape index (κ1) is 13.2. The maximum Gasteiger partial charge on any atom is 0.157 e. The van der Waals surface area contributed by atoms with E-state index in [2.05, 4.69) is 0 Å². The van der Waals surface area contributed by atoms with E-state index in [1.807, 2.05) is 54.6 Å². The van der Waals surface area contributed by atoms with Crippen molar-refractivity contribution in [3.05, 3.63) is 65.7 Å². The van der Waals surface area contributed by atoms with Gasteiger partial charge in [0.1, 0.15) is 18.5 Å². The van der Waals surface area contributed by atoms with Crippen LogP contribution in [0.4, 0.5) is 0 Å². The molecule has 0 radical (unpaired) electrons. The van der Waals surface area contributed by atoms with Crippen molar-refractivity contribution in [2.24, 2.45) is 0 Å². The third-order valence-electron chi connectivity index (χ3n) is 3.93. The Morgan fingerprint density at radius 2 is 1.70 bits per heavy atom. The van der Waals surface area contributed by atoms with E-state index in [1.165, 1.54) is 0 Å². The fraction of sp³-hybridized carbons (Fsp3) is 0.294. The summed E-state index contributed by atoms with van der Waals surface area (Å²) < 4.78 is 17.6. The Kier molecular flexibility index (Phi) is 3.47. The molecule has 2 atom stereocenters. The van der Waals surface area contributed by atoms with Crippen LogP contribution < -0.4 is 4.74 Å². The molecule has 0 bridgehead atoms. The van der Waals surface area contributed by atoms with Gasteiger partial charge in [0.05, 0.1) is 0 Å². The van der Waals surface area contributed by atoms with E-state index in [-0.39, 0.29) is 6.10 Å². The van der Waals surface area contributed by atoms with Crippen molar-refractivity contribution in [2.75, 3.05) is 20.8 Å². The number of rotatable bonds is 3. The molecule has 3 heteroatoms. The fourth-order valence-corrected chi connectivity index (χ4v) is 2.90. The molecular formula is C17H18O3. The van der Waals surface area contributed by atoms with Gasteiger partial charge in [-0.25, -0.2) is 0 Å². The first-order valence-electron chi connectivity index (χ1n) is 6.67. The zero-order chi connectivity index (χ0) is 14.0. The number of methoxy groups -OCH3 is 2. The number of fused-ring (bicyclic) bond motifs is 1. The second-order valence-electron chi connectivity index (χ2n) is 4.90. The smallest absolute Gasteiger partial charge is 0.157 e. The lowest BCUT2D eigenvalue weighted by Gasteiger charge is -2.42. The first-order valence-corrected chi connectivity index (χ1v) is 6.67. The van der Waals surface area contributed by atoms with Gasteiger partial charge in [-0.05, 0) is 11.6 Å². The van der Waals surface area contributed by atoms with E-state index < -0.39 is 5.60 Å². The molecule has 0 fully saturated rings. The number of hydrogen-bond donors (Lipinski definition) is 0. The van der Waals surface area contributed by atoms with E-state index in [1.54, 1.807) is 14.2 Å². The van der Waals surface area contributed by atoms with Crippen LogP contribution >= 0.6 is 0 Å². The predicted molar refractivity (Wildman–Crippen MR) is 76.8 cm³/mol. The van der Waals surface area contributed by atoms with Gasteiger partial charge < -0.3 is 14.2 Å². The monoisotopic (exact) mass is 270 g/mol. The molecule has 1 aliphatic rings. The van der Waals surface area contributed by atoms with Crippen molar-refractivity contribution in [3.8, 4) is 5.75 Å². The van der Waals surface area contributed by atoms with Gasteiger partial charge in [0.2, 0.25) is 0 Å². The minimum Gasteiger partial charge on any atom is -0.490 e. The lowest BCUT2D eigenvalue weighted by Crippen LogP contribution is -2.45. The summed E-state index contributed by atoms with van der Waals surface area (Å²) in [6, 6.07) is 18.0. The normalized spacial score (nSPS) is 24.8. The van der Waals surface area contributed by atoms with Crippen molar-refractivity contribution in [3.63, 3.8) is 0 Å². The Morgan fingerprint density at radius 3 is 2.40 bits per heavy atom. The number of hydrogen-bond acceptors (Lipinski definition) is 3. The second-order valence-corrected chi connectivity index (χ2v) is 4.90. The molecule has 1 aliphatic heterocycles. The highest BCUT2D eigenvalue weighted by Crippen LogP contribution is 2.47. The zero-order valence-corrected chi connectivity index (χ0v) is 11.7. The molecule has 3 nitrogen and oxygen atoms in total. The molecule has 0 amide bonds.